The quantitative estimate of drug-likeness (QED) is 0.435. The molecule has 0 unspecified atom stereocenters. The Hall–Kier alpha value is -3.23. The lowest BCUT2D eigenvalue weighted by molar-refractivity contribution is -0.204. The third kappa shape index (κ3) is 4.21. The van der Waals surface area contributed by atoms with Crippen molar-refractivity contribution in [1.82, 2.24) is 19.9 Å². The molecular formula is C27H32N6O2. The van der Waals surface area contributed by atoms with Crippen LogP contribution >= 0.6 is 0 Å². The van der Waals surface area contributed by atoms with Gasteiger partial charge in [-0.2, -0.15) is 4.98 Å². The number of hydrogen-bond donors (Lipinski definition) is 2. The van der Waals surface area contributed by atoms with Crippen LogP contribution in [0.15, 0.2) is 48.8 Å². The van der Waals surface area contributed by atoms with Crippen LogP contribution in [0.3, 0.4) is 0 Å². The third-order valence-corrected chi connectivity index (χ3v) is 7.84. The smallest absolute Gasteiger partial charge is 0.229 e. The maximum absolute atomic E-state index is 6.12. The predicted octanol–water partition coefficient (Wildman–Crippen LogP) is 5.17. The first kappa shape index (κ1) is 22.2. The highest BCUT2D eigenvalue weighted by Gasteiger charge is 2.48. The molecule has 0 radical (unpaired) electrons. The molecule has 0 spiro atoms. The minimum absolute atomic E-state index is 0.158. The number of ether oxygens (including phenoxy) is 2. The number of fused-ring (bicyclic) bond motifs is 5. The topological polar surface area (TPSA) is 84.4 Å². The van der Waals surface area contributed by atoms with E-state index in [1.54, 1.807) is 13.3 Å². The van der Waals surface area contributed by atoms with Gasteiger partial charge in [0.05, 0.1) is 11.9 Å². The van der Waals surface area contributed by atoms with E-state index in [9.17, 15) is 0 Å². The van der Waals surface area contributed by atoms with Crippen molar-refractivity contribution < 1.29 is 9.47 Å². The van der Waals surface area contributed by atoms with E-state index in [0.29, 0.717) is 17.8 Å². The summed E-state index contributed by atoms with van der Waals surface area (Å²) < 4.78 is 11.8. The molecule has 6 rings (SSSR count). The van der Waals surface area contributed by atoms with Crippen LogP contribution in [-0.4, -0.2) is 52.9 Å². The van der Waals surface area contributed by atoms with Crippen molar-refractivity contribution in [2.75, 3.05) is 31.8 Å². The van der Waals surface area contributed by atoms with Crippen LogP contribution in [0.1, 0.15) is 55.2 Å². The monoisotopic (exact) mass is 472 g/mol. The van der Waals surface area contributed by atoms with Gasteiger partial charge in [-0.05, 0) is 81.2 Å². The fourth-order valence-electron chi connectivity index (χ4n) is 5.77. The van der Waals surface area contributed by atoms with Crippen LogP contribution in [0.2, 0.25) is 0 Å². The molecule has 3 aromatic rings. The van der Waals surface area contributed by atoms with Gasteiger partial charge < -0.3 is 20.1 Å². The summed E-state index contributed by atoms with van der Waals surface area (Å²) in [5.41, 5.74) is 4.38. The zero-order chi connectivity index (χ0) is 24.0. The molecule has 2 heterocycles. The lowest BCUT2D eigenvalue weighted by Crippen LogP contribution is -2.59. The predicted molar refractivity (Wildman–Crippen MR) is 136 cm³/mol. The Morgan fingerprint density at radius 1 is 0.971 bits per heavy atom. The van der Waals surface area contributed by atoms with Crippen LogP contribution in [0.5, 0.6) is 5.75 Å². The van der Waals surface area contributed by atoms with Gasteiger partial charge >= 0.3 is 0 Å². The molecule has 8 nitrogen and oxygen atoms in total. The summed E-state index contributed by atoms with van der Waals surface area (Å²) in [7, 11) is 5.84. The summed E-state index contributed by atoms with van der Waals surface area (Å²) in [5.74, 6) is 3.46. The summed E-state index contributed by atoms with van der Waals surface area (Å²) in [6.45, 7) is 0. The van der Waals surface area contributed by atoms with Gasteiger partial charge in [0.25, 0.3) is 0 Å². The average molecular weight is 473 g/mol. The number of benzene rings is 1. The van der Waals surface area contributed by atoms with Crippen LogP contribution < -0.4 is 15.4 Å². The van der Waals surface area contributed by atoms with E-state index in [1.807, 2.05) is 50.6 Å². The van der Waals surface area contributed by atoms with Crippen molar-refractivity contribution in [2.45, 2.75) is 55.8 Å². The van der Waals surface area contributed by atoms with Crippen molar-refractivity contribution in [1.29, 1.82) is 0 Å². The van der Waals surface area contributed by atoms with Crippen LogP contribution in [0.25, 0.3) is 0 Å². The lowest BCUT2D eigenvalue weighted by atomic mass is 9.83. The van der Waals surface area contributed by atoms with Gasteiger partial charge in [-0.25, -0.2) is 4.98 Å². The zero-order valence-corrected chi connectivity index (χ0v) is 20.5. The molecular weight excluding hydrogens is 440 g/mol. The fraction of sp³-hybridized carbons (Fsp3) is 0.444. The number of nitrogens with zero attached hydrogens (tertiary/aromatic N) is 4. The van der Waals surface area contributed by atoms with Gasteiger partial charge in [0.1, 0.15) is 23.4 Å². The van der Waals surface area contributed by atoms with E-state index >= 15 is 0 Å². The molecule has 8 heteroatoms. The van der Waals surface area contributed by atoms with Gasteiger partial charge in [0, 0.05) is 43.4 Å². The van der Waals surface area contributed by atoms with Crippen LogP contribution in [0, 0.1) is 0 Å². The fourth-order valence-corrected chi connectivity index (χ4v) is 5.77. The molecule has 35 heavy (non-hydrogen) atoms. The molecule has 0 saturated heterocycles. The normalized spacial score (nSPS) is 26.3. The Bertz CT molecular complexity index is 1210. The average Bonchev–Trinajstić information content (AvgIpc) is 3.45. The Morgan fingerprint density at radius 3 is 2.54 bits per heavy atom. The Balaban J connectivity index is 1.07. The van der Waals surface area contributed by atoms with Gasteiger partial charge in [-0.3, -0.25) is 9.88 Å². The lowest BCUT2D eigenvalue weighted by Gasteiger charge is -2.50. The van der Waals surface area contributed by atoms with Gasteiger partial charge in [0.15, 0.2) is 0 Å². The molecule has 2 aromatic heterocycles. The zero-order valence-electron chi connectivity index (χ0n) is 20.5. The molecule has 0 aliphatic heterocycles. The number of methoxy groups -OCH3 is 1. The maximum Gasteiger partial charge on any atom is 0.229 e. The minimum Gasteiger partial charge on any atom is -0.490 e. The molecule has 1 aromatic carbocycles. The molecule has 2 fully saturated rings. The van der Waals surface area contributed by atoms with E-state index in [2.05, 4.69) is 31.6 Å². The highest BCUT2D eigenvalue weighted by Crippen LogP contribution is 2.52. The van der Waals surface area contributed by atoms with Crippen molar-refractivity contribution in [3.63, 3.8) is 0 Å². The van der Waals surface area contributed by atoms with Gasteiger partial charge in [-0.15, -0.1) is 0 Å². The molecule has 3 aliphatic carbocycles. The van der Waals surface area contributed by atoms with E-state index < -0.39 is 0 Å². The summed E-state index contributed by atoms with van der Waals surface area (Å²) in [5, 5.41) is 6.67. The second-order valence-electron chi connectivity index (χ2n) is 10.1. The van der Waals surface area contributed by atoms with Crippen molar-refractivity contribution in [2.24, 2.45) is 0 Å². The Labute approximate surface area is 206 Å². The summed E-state index contributed by atoms with van der Waals surface area (Å²) in [6, 6.07) is 12.0. The number of nitrogens with one attached hydrogen (secondary N) is 2. The maximum atomic E-state index is 6.12. The van der Waals surface area contributed by atoms with Crippen molar-refractivity contribution in [3.05, 3.63) is 60.0 Å². The molecule has 2 bridgehead atoms. The molecule has 2 saturated carbocycles. The third-order valence-electron chi connectivity index (χ3n) is 7.84. The highest BCUT2D eigenvalue weighted by molar-refractivity contribution is 5.61. The number of aromatic nitrogens is 3. The first-order valence-electron chi connectivity index (χ1n) is 12.4. The molecule has 3 aliphatic rings. The van der Waals surface area contributed by atoms with Crippen LogP contribution in [-0.2, 0) is 4.74 Å². The molecule has 182 valence electrons. The van der Waals surface area contributed by atoms with E-state index in [4.69, 9.17) is 14.5 Å². The Morgan fingerprint density at radius 2 is 1.77 bits per heavy atom. The molecule has 2 N–H and O–H groups in total. The summed E-state index contributed by atoms with van der Waals surface area (Å²) >= 11 is 0. The number of anilines is 4. The minimum atomic E-state index is -0.210. The highest BCUT2D eigenvalue weighted by atomic mass is 16.5. The van der Waals surface area contributed by atoms with E-state index in [-0.39, 0.29) is 11.8 Å². The summed E-state index contributed by atoms with van der Waals surface area (Å²) in [6.07, 6.45) is 9.38. The second kappa shape index (κ2) is 8.77. The standard InChI is InChI=1S/C27H32N6O2/c1-33(2)27(34-3)14-22(15-27)35-21-8-6-19(7-9-21)31-26-28-11-10-24(32-26)30-20-13-23-17-4-5-18(12-17)25(23)29-16-20/h6-11,13,16-18,22H,4-5,12,14-15H2,1-3H3,(H2,28,30,31,32)/t17-,18-,22?,27?/m1/s1. The largest absolute Gasteiger partial charge is 0.490 e. The SMILES string of the molecule is COC1(N(C)C)CC(Oc2ccc(Nc3nccc(Nc4cnc5c(c4)[C@@H]4CC[C@@H]5C4)n3)cc2)C1. The van der Waals surface area contributed by atoms with Crippen molar-refractivity contribution >= 4 is 23.1 Å². The van der Waals surface area contributed by atoms with Crippen LogP contribution in [0.4, 0.5) is 23.1 Å². The molecule has 2 atom stereocenters. The number of hydrogen-bond acceptors (Lipinski definition) is 8. The first-order chi connectivity index (χ1) is 17.0. The summed E-state index contributed by atoms with van der Waals surface area (Å²) in [4.78, 5) is 15.9. The van der Waals surface area contributed by atoms with E-state index in [1.165, 1.54) is 30.5 Å². The first-order valence-corrected chi connectivity index (χ1v) is 12.4. The second-order valence-corrected chi connectivity index (χ2v) is 10.1. The Kier molecular flexibility index (Phi) is 5.57. The number of pyridine rings is 1. The van der Waals surface area contributed by atoms with E-state index in [0.717, 1.165) is 35.8 Å². The van der Waals surface area contributed by atoms with Gasteiger partial charge in [-0.1, -0.05) is 0 Å². The van der Waals surface area contributed by atoms with Crippen molar-refractivity contribution in [3.8, 4) is 5.75 Å². The molecule has 0 amide bonds. The number of rotatable bonds is 8. The van der Waals surface area contributed by atoms with Gasteiger partial charge in [0.2, 0.25) is 5.95 Å².